The topological polar surface area (TPSA) is 30.5 Å². The summed E-state index contributed by atoms with van der Waals surface area (Å²) < 4.78 is 11.0. The van der Waals surface area contributed by atoms with Crippen molar-refractivity contribution < 1.29 is 9.31 Å². The summed E-state index contributed by atoms with van der Waals surface area (Å²) in [5, 5.41) is 3.18. The van der Waals surface area contributed by atoms with Crippen molar-refractivity contribution in [3.8, 4) is 0 Å². The van der Waals surface area contributed by atoms with Gasteiger partial charge in [0.05, 0.1) is 6.61 Å². The van der Waals surface area contributed by atoms with Crippen molar-refractivity contribution in [1.29, 1.82) is 0 Å². The Hall–Kier alpha value is -0.995. The van der Waals surface area contributed by atoms with E-state index in [0.29, 0.717) is 6.61 Å². The molecule has 0 aromatic heterocycles. The maximum Gasteiger partial charge on any atom is 0.590 e. The zero-order chi connectivity index (χ0) is 9.97. The Bertz CT molecular complexity index is 317. The fourth-order valence-corrected chi connectivity index (χ4v) is 1.44. The summed E-state index contributed by atoms with van der Waals surface area (Å²) in [7, 11) is -0.315. The van der Waals surface area contributed by atoms with Gasteiger partial charge in [-0.2, -0.15) is 0 Å². The fraction of sp³-hybridized carbons (Fsp3) is 0.400. The first-order chi connectivity index (χ1) is 6.75. The van der Waals surface area contributed by atoms with Crippen LogP contribution in [0.15, 0.2) is 24.3 Å². The lowest BCUT2D eigenvalue weighted by molar-refractivity contribution is 0.153. The van der Waals surface area contributed by atoms with Crippen LogP contribution in [0.4, 0.5) is 5.69 Å². The molecule has 0 aliphatic carbocycles. The summed E-state index contributed by atoms with van der Waals surface area (Å²) in [6.07, 6.45) is 0.165. The molecule has 74 valence electrons. The van der Waals surface area contributed by atoms with Crippen LogP contribution >= 0.6 is 0 Å². The van der Waals surface area contributed by atoms with Crippen molar-refractivity contribution in [2.24, 2.45) is 0 Å². The maximum absolute atomic E-state index is 5.51. The van der Waals surface area contributed by atoms with E-state index < -0.39 is 0 Å². The van der Waals surface area contributed by atoms with E-state index in [0.717, 1.165) is 5.69 Å². The lowest BCUT2D eigenvalue weighted by Crippen LogP contribution is -2.38. The van der Waals surface area contributed by atoms with Crippen molar-refractivity contribution in [1.82, 2.24) is 0 Å². The summed E-state index contributed by atoms with van der Waals surface area (Å²) in [6.45, 7) is 4.59. The molecule has 2 rings (SSSR count). The smallest absolute Gasteiger partial charge is 0.390 e. The van der Waals surface area contributed by atoms with Crippen LogP contribution in [0.1, 0.15) is 19.4 Å². The minimum Gasteiger partial charge on any atom is -0.390 e. The number of benzene rings is 1. The van der Waals surface area contributed by atoms with Crippen LogP contribution in [0.3, 0.4) is 0 Å². The lowest BCUT2D eigenvalue weighted by Gasteiger charge is -2.24. The normalized spacial score (nSPS) is 15.2. The highest BCUT2D eigenvalue weighted by Crippen LogP contribution is 2.21. The van der Waals surface area contributed by atoms with Gasteiger partial charge in [-0.1, -0.05) is 18.2 Å². The predicted molar refractivity (Wildman–Crippen MR) is 56.8 cm³/mol. The highest BCUT2D eigenvalue weighted by molar-refractivity contribution is 6.49. The van der Waals surface area contributed by atoms with Crippen LogP contribution in [0, 0.1) is 0 Å². The first-order valence-electron chi connectivity index (χ1n) is 4.87. The highest BCUT2D eigenvalue weighted by atomic mass is 16.6. The molecule has 0 atom stereocenters. The van der Waals surface area contributed by atoms with Crippen LogP contribution in [0.25, 0.3) is 0 Å². The van der Waals surface area contributed by atoms with Crippen molar-refractivity contribution >= 4 is 12.9 Å². The Kier molecular flexibility index (Phi) is 2.75. The molecular formula is C10H14BNO2. The Balaban J connectivity index is 2.06. The SMILES string of the molecule is CC(C)OB1Nc2ccccc2CO1. The quantitative estimate of drug-likeness (QED) is 0.725. The molecule has 14 heavy (non-hydrogen) atoms. The van der Waals surface area contributed by atoms with Gasteiger partial charge < -0.3 is 14.5 Å². The van der Waals surface area contributed by atoms with E-state index >= 15 is 0 Å². The van der Waals surface area contributed by atoms with Gasteiger partial charge in [0.1, 0.15) is 0 Å². The molecule has 0 fully saturated rings. The molecule has 0 spiro atoms. The van der Waals surface area contributed by atoms with Crippen molar-refractivity contribution in [3.05, 3.63) is 29.8 Å². The third kappa shape index (κ3) is 2.08. The molecule has 0 saturated carbocycles. The number of hydrogen-bond acceptors (Lipinski definition) is 3. The van der Waals surface area contributed by atoms with Gasteiger partial charge in [0.25, 0.3) is 0 Å². The lowest BCUT2D eigenvalue weighted by atomic mass is 10.0. The molecule has 0 radical (unpaired) electrons. The number of nitrogens with one attached hydrogen (secondary N) is 1. The van der Waals surface area contributed by atoms with Gasteiger partial charge >= 0.3 is 7.25 Å². The van der Waals surface area contributed by atoms with E-state index in [2.05, 4.69) is 5.23 Å². The second-order valence-corrected chi connectivity index (χ2v) is 3.63. The van der Waals surface area contributed by atoms with E-state index in [1.165, 1.54) is 5.56 Å². The molecule has 1 aromatic carbocycles. The highest BCUT2D eigenvalue weighted by Gasteiger charge is 2.26. The van der Waals surface area contributed by atoms with Crippen LogP contribution in [0.5, 0.6) is 0 Å². The van der Waals surface area contributed by atoms with Crippen molar-refractivity contribution in [3.63, 3.8) is 0 Å². The average molecular weight is 191 g/mol. The van der Waals surface area contributed by atoms with Crippen LogP contribution in [-0.2, 0) is 15.9 Å². The van der Waals surface area contributed by atoms with Crippen LogP contribution in [0.2, 0.25) is 0 Å². The third-order valence-electron chi connectivity index (χ3n) is 2.08. The summed E-state index contributed by atoms with van der Waals surface area (Å²) in [5.41, 5.74) is 2.28. The molecule has 1 N–H and O–H groups in total. The molecule has 3 nitrogen and oxygen atoms in total. The zero-order valence-electron chi connectivity index (χ0n) is 8.49. The molecule has 4 heteroatoms. The standard InChI is InChI=1S/C10H14BNO2/c1-8(2)14-11-12-10-6-4-3-5-9(10)7-13-11/h3-6,8,12H,7H2,1-2H3. The number of fused-ring (bicyclic) bond motifs is 1. The van der Waals surface area contributed by atoms with Gasteiger partial charge in [-0.05, 0) is 25.5 Å². The van der Waals surface area contributed by atoms with E-state index in [9.17, 15) is 0 Å². The fourth-order valence-electron chi connectivity index (χ4n) is 1.44. The maximum atomic E-state index is 5.51. The van der Waals surface area contributed by atoms with Gasteiger partial charge in [-0.25, -0.2) is 0 Å². The average Bonchev–Trinajstić information content (AvgIpc) is 2.17. The molecule has 1 heterocycles. The van der Waals surface area contributed by atoms with Gasteiger partial charge in [0, 0.05) is 11.8 Å². The Morgan fingerprint density at radius 1 is 1.43 bits per heavy atom. The second-order valence-electron chi connectivity index (χ2n) is 3.63. The molecule has 1 aliphatic rings. The Morgan fingerprint density at radius 3 is 3.00 bits per heavy atom. The van der Waals surface area contributed by atoms with E-state index in [1.807, 2.05) is 38.1 Å². The number of hydrogen-bond donors (Lipinski definition) is 1. The number of anilines is 1. The van der Waals surface area contributed by atoms with Crippen LogP contribution in [-0.4, -0.2) is 13.4 Å². The molecule has 0 saturated heterocycles. The van der Waals surface area contributed by atoms with Crippen molar-refractivity contribution in [2.45, 2.75) is 26.6 Å². The largest absolute Gasteiger partial charge is 0.590 e. The van der Waals surface area contributed by atoms with Gasteiger partial charge in [0.2, 0.25) is 0 Å². The molecule has 1 aliphatic heterocycles. The first kappa shape index (κ1) is 9.56. The molecule has 0 amide bonds. The third-order valence-corrected chi connectivity index (χ3v) is 2.08. The van der Waals surface area contributed by atoms with Gasteiger partial charge in [0.15, 0.2) is 0 Å². The zero-order valence-corrected chi connectivity index (χ0v) is 8.49. The van der Waals surface area contributed by atoms with E-state index in [1.54, 1.807) is 0 Å². The van der Waals surface area contributed by atoms with Gasteiger partial charge in [-0.15, -0.1) is 0 Å². The number of rotatable bonds is 2. The van der Waals surface area contributed by atoms with Crippen LogP contribution < -0.4 is 5.23 Å². The molecule has 0 unspecified atom stereocenters. The first-order valence-corrected chi connectivity index (χ1v) is 4.87. The molecule has 0 bridgehead atoms. The van der Waals surface area contributed by atoms with E-state index in [4.69, 9.17) is 9.31 Å². The molecule has 1 aromatic rings. The summed E-state index contributed by atoms with van der Waals surface area (Å²) in [4.78, 5) is 0. The minimum atomic E-state index is -0.315. The van der Waals surface area contributed by atoms with Crippen molar-refractivity contribution in [2.75, 3.05) is 5.23 Å². The summed E-state index contributed by atoms with van der Waals surface area (Å²) in [5.74, 6) is 0. The Morgan fingerprint density at radius 2 is 2.21 bits per heavy atom. The predicted octanol–water partition coefficient (Wildman–Crippen LogP) is 2.04. The second kappa shape index (κ2) is 4.03. The van der Waals surface area contributed by atoms with Gasteiger partial charge in [-0.3, -0.25) is 0 Å². The monoisotopic (exact) mass is 191 g/mol. The number of para-hydroxylation sites is 1. The summed E-state index contributed by atoms with van der Waals surface area (Å²) in [6, 6.07) is 8.10. The molecular weight excluding hydrogens is 177 g/mol. The minimum absolute atomic E-state index is 0.165. The van der Waals surface area contributed by atoms with E-state index in [-0.39, 0.29) is 13.4 Å². The summed E-state index contributed by atoms with van der Waals surface area (Å²) >= 11 is 0. The Labute approximate surface area is 84.6 Å².